The molecule has 6 atom stereocenters. The molecule has 0 nitrogen and oxygen atoms in total. The topological polar surface area (TPSA) is 0 Å². The van der Waals surface area contributed by atoms with Crippen LogP contribution >= 0.6 is 0 Å². The van der Waals surface area contributed by atoms with Crippen LogP contribution in [-0.2, 0) is 0 Å². The molecule has 3 saturated carbocycles. The van der Waals surface area contributed by atoms with Gasteiger partial charge in [-0.25, -0.2) is 0 Å². The van der Waals surface area contributed by atoms with Crippen molar-refractivity contribution in [3.63, 3.8) is 0 Å². The molecule has 0 aromatic rings. The number of rotatable bonds is 5. The fraction of sp³-hybridized carbons (Fsp3) is 1.00. The molecule has 0 bridgehead atoms. The first-order chi connectivity index (χ1) is 8.28. The van der Waals surface area contributed by atoms with Crippen molar-refractivity contribution >= 4 is 21.8 Å². The summed E-state index contributed by atoms with van der Waals surface area (Å²) in [6.45, 7) is 4.67. The van der Waals surface area contributed by atoms with Gasteiger partial charge >= 0.3 is 0 Å². The summed E-state index contributed by atoms with van der Waals surface area (Å²) in [6, 6.07) is 0. The van der Waals surface area contributed by atoms with E-state index in [2.05, 4.69) is 35.6 Å². The van der Waals surface area contributed by atoms with E-state index < -0.39 is 0 Å². The van der Waals surface area contributed by atoms with Gasteiger partial charge in [0.25, 0.3) is 0 Å². The van der Waals surface area contributed by atoms with Gasteiger partial charge in [0.2, 0.25) is 0 Å². The SMILES string of the molecule is C[B]C1CCC1[B]C1CCC1[B]C1CCC1C. The van der Waals surface area contributed by atoms with Crippen LogP contribution < -0.4 is 0 Å². The minimum Gasteiger partial charge on any atom is -0.0917 e. The lowest BCUT2D eigenvalue weighted by Crippen LogP contribution is -2.36. The monoisotopic (exact) mass is 225 g/mol. The molecule has 0 saturated heterocycles. The second-order valence-corrected chi connectivity index (χ2v) is 6.75. The summed E-state index contributed by atoms with van der Waals surface area (Å²) in [6.07, 6.45) is 8.78. The van der Waals surface area contributed by atoms with Crippen LogP contribution in [0.15, 0.2) is 0 Å². The molecule has 3 heteroatoms. The van der Waals surface area contributed by atoms with Gasteiger partial charge in [-0.05, 0) is 5.92 Å². The average molecular weight is 225 g/mol. The van der Waals surface area contributed by atoms with E-state index in [0.29, 0.717) is 0 Å². The second kappa shape index (κ2) is 5.06. The van der Waals surface area contributed by atoms with Gasteiger partial charge in [0, 0.05) is 0 Å². The first-order valence-corrected chi connectivity index (χ1v) is 7.77. The second-order valence-electron chi connectivity index (χ2n) is 6.75. The molecule has 3 aliphatic rings. The Morgan fingerprint density at radius 2 is 1.12 bits per heavy atom. The Kier molecular flexibility index (Phi) is 3.64. The van der Waals surface area contributed by atoms with Crippen molar-refractivity contribution in [1.29, 1.82) is 0 Å². The van der Waals surface area contributed by atoms with E-state index in [1.54, 1.807) is 0 Å². The van der Waals surface area contributed by atoms with E-state index in [-0.39, 0.29) is 0 Å². The zero-order chi connectivity index (χ0) is 11.8. The Morgan fingerprint density at radius 3 is 1.47 bits per heavy atom. The van der Waals surface area contributed by atoms with Crippen LogP contribution in [0, 0.1) is 5.92 Å². The van der Waals surface area contributed by atoms with Crippen LogP contribution in [0.1, 0.15) is 45.4 Å². The summed E-state index contributed by atoms with van der Waals surface area (Å²) in [5, 5.41) is 0. The average Bonchev–Trinajstić information content (AvgIpc) is 2.25. The van der Waals surface area contributed by atoms with E-state index >= 15 is 0 Å². The maximum Gasteiger partial charge on any atom is 0.117 e. The lowest BCUT2D eigenvalue weighted by atomic mass is 9.28. The molecule has 89 valence electrons. The molecule has 0 N–H and O–H groups in total. The van der Waals surface area contributed by atoms with Gasteiger partial charge in [-0.15, -0.1) is 0 Å². The predicted octanol–water partition coefficient (Wildman–Crippen LogP) is 4.11. The Balaban J connectivity index is 1.42. The standard InChI is InChI=1S/C14H24B3/c1-9-3-4-10(9)16-13-7-8-14(13)17-12-6-5-11(12)15-2/h9-14H,3-8H2,1-2H3. The summed E-state index contributed by atoms with van der Waals surface area (Å²) in [5.41, 5.74) is 0. The number of hydrogen-bond acceptors (Lipinski definition) is 0. The third-order valence-corrected chi connectivity index (χ3v) is 5.87. The van der Waals surface area contributed by atoms with Crippen LogP contribution in [0.2, 0.25) is 35.9 Å². The van der Waals surface area contributed by atoms with E-state index in [4.69, 9.17) is 0 Å². The summed E-state index contributed by atoms with van der Waals surface area (Å²) in [4.78, 5) is 0. The summed E-state index contributed by atoms with van der Waals surface area (Å²) < 4.78 is 0. The van der Waals surface area contributed by atoms with Crippen LogP contribution in [-0.4, -0.2) is 21.8 Å². The molecule has 0 aliphatic heterocycles. The first kappa shape index (κ1) is 12.2. The van der Waals surface area contributed by atoms with Crippen molar-refractivity contribution in [2.75, 3.05) is 0 Å². The molecule has 3 aliphatic carbocycles. The predicted molar refractivity (Wildman–Crippen MR) is 78.7 cm³/mol. The first-order valence-electron chi connectivity index (χ1n) is 7.77. The van der Waals surface area contributed by atoms with Crippen LogP contribution in [0.3, 0.4) is 0 Å². The van der Waals surface area contributed by atoms with Crippen molar-refractivity contribution < 1.29 is 0 Å². The molecule has 3 fully saturated rings. The lowest BCUT2D eigenvalue weighted by molar-refractivity contribution is 0.334. The van der Waals surface area contributed by atoms with Gasteiger partial charge in [-0.1, -0.05) is 81.4 Å². The van der Waals surface area contributed by atoms with Gasteiger partial charge in [-0.2, -0.15) is 0 Å². The third kappa shape index (κ3) is 2.36. The van der Waals surface area contributed by atoms with Crippen molar-refractivity contribution in [1.82, 2.24) is 0 Å². The van der Waals surface area contributed by atoms with Gasteiger partial charge < -0.3 is 0 Å². The fourth-order valence-corrected chi connectivity index (χ4v) is 3.85. The van der Waals surface area contributed by atoms with Crippen LogP contribution in [0.25, 0.3) is 0 Å². The molecule has 0 spiro atoms. The Morgan fingerprint density at radius 1 is 0.647 bits per heavy atom. The summed E-state index contributed by atoms with van der Waals surface area (Å²) in [5.74, 6) is 5.68. The molecular weight excluding hydrogens is 201 g/mol. The maximum absolute atomic E-state index is 2.72. The fourth-order valence-electron chi connectivity index (χ4n) is 3.85. The molecule has 0 heterocycles. The lowest BCUT2D eigenvalue weighted by Gasteiger charge is -2.46. The van der Waals surface area contributed by atoms with Gasteiger partial charge in [-0.3, -0.25) is 0 Å². The molecule has 3 radical (unpaired) electrons. The molecule has 0 aromatic heterocycles. The molecule has 0 amide bonds. The number of hydrogen-bond donors (Lipinski definition) is 0. The zero-order valence-electron chi connectivity index (χ0n) is 11.4. The van der Waals surface area contributed by atoms with Gasteiger partial charge in [0.1, 0.15) is 21.8 Å². The minimum atomic E-state index is 0.916. The minimum absolute atomic E-state index is 0.916. The van der Waals surface area contributed by atoms with E-state index in [9.17, 15) is 0 Å². The van der Waals surface area contributed by atoms with Crippen molar-refractivity contribution in [2.45, 2.75) is 81.4 Å². The van der Waals surface area contributed by atoms with E-state index in [0.717, 1.165) is 35.0 Å². The highest BCUT2D eigenvalue weighted by atomic mass is 14.3. The Hall–Kier alpha value is 0.195. The highest BCUT2D eigenvalue weighted by Gasteiger charge is 2.41. The third-order valence-electron chi connectivity index (χ3n) is 5.87. The highest BCUT2D eigenvalue weighted by molar-refractivity contribution is 6.50. The summed E-state index contributed by atoms with van der Waals surface area (Å²) in [7, 11) is 7.88. The van der Waals surface area contributed by atoms with E-state index in [1.165, 1.54) is 38.5 Å². The molecule has 0 aromatic carbocycles. The van der Waals surface area contributed by atoms with Crippen molar-refractivity contribution in [3.05, 3.63) is 0 Å². The molecule has 6 unspecified atom stereocenters. The Bertz CT molecular complexity index is 266. The van der Waals surface area contributed by atoms with Gasteiger partial charge in [0.05, 0.1) is 0 Å². The van der Waals surface area contributed by atoms with Crippen LogP contribution in [0.4, 0.5) is 0 Å². The maximum atomic E-state index is 2.72. The molecular formula is C14H24B3. The zero-order valence-corrected chi connectivity index (χ0v) is 11.4. The molecule has 3 rings (SSSR count). The van der Waals surface area contributed by atoms with Crippen molar-refractivity contribution in [3.8, 4) is 0 Å². The highest BCUT2D eigenvalue weighted by Crippen LogP contribution is 2.54. The summed E-state index contributed by atoms with van der Waals surface area (Å²) >= 11 is 0. The normalized spacial score (nSPS) is 48.4. The quantitative estimate of drug-likeness (QED) is 0.617. The largest absolute Gasteiger partial charge is 0.117 e. The van der Waals surface area contributed by atoms with Gasteiger partial charge in [0.15, 0.2) is 0 Å². The smallest absolute Gasteiger partial charge is 0.0917 e. The Labute approximate surface area is 109 Å². The van der Waals surface area contributed by atoms with Crippen LogP contribution in [0.5, 0.6) is 0 Å². The molecule has 17 heavy (non-hydrogen) atoms. The van der Waals surface area contributed by atoms with Crippen molar-refractivity contribution in [2.24, 2.45) is 5.92 Å². The van der Waals surface area contributed by atoms with E-state index in [1.807, 2.05) is 0 Å².